The first-order chi connectivity index (χ1) is 10.5. The van der Waals surface area contributed by atoms with Gasteiger partial charge in [-0.05, 0) is 32.9 Å². The lowest BCUT2D eigenvalue weighted by Gasteiger charge is -2.19. The van der Waals surface area contributed by atoms with E-state index in [0.717, 1.165) is 6.07 Å². The number of ether oxygens (including phenoxy) is 1. The monoisotopic (exact) mass is 460 g/mol. The molecule has 1 rings (SSSR count). The molecule has 4 N–H and O–H groups in total. The second-order valence-corrected chi connectivity index (χ2v) is 5.67. The van der Waals surface area contributed by atoms with Crippen molar-refractivity contribution in [2.75, 3.05) is 11.9 Å². The normalized spacial score (nSPS) is 12.2. The Morgan fingerprint density at radius 3 is 2.38 bits per heavy atom. The van der Waals surface area contributed by atoms with Crippen LogP contribution in [-0.2, 0) is 4.79 Å². The van der Waals surface area contributed by atoms with Gasteiger partial charge in [-0.2, -0.15) is 0 Å². The maximum atomic E-state index is 12.3. The molecular formula is C14H20F3IN4O2. The quantitative estimate of drug-likeness (QED) is 0.367. The highest BCUT2D eigenvalue weighted by atomic mass is 127. The summed E-state index contributed by atoms with van der Waals surface area (Å²) in [4.78, 5) is 15.4. The molecular weight excluding hydrogens is 440 g/mol. The number of hydrogen-bond acceptors (Lipinski definition) is 3. The van der Waals surface area contributed by atoms with E-state index >= 15 is 0 Å². The molecule has 0 aliphatic heterocycles. The topological polar surface area (TPSA) is 88.7 Å². The van der Waals surface area contributed by atoms with Crippen molar-refractivity contribution < 1.29 is 22.7 Å². The lowest BCUT2D eigenvalue weighted by Crippen LogP contribution is -2.42. The molecule has 0 heterocycles. The van der Waals surface area contributed by atoms with E-state index in [2.05, 4.69) is 20.4 Å². The van der Waals surface area contributed by atoms with Gasteiger partial charge in [0.15, 0.2) is 11.7 Å². The standard InChI is InChI=1S/C14H19F3N4O2.HI/c1-13(2,3)21-11(22)8-19-12(18)20-9-6-4-5-7-10(9)23-14(15,16)17;/h4-7H,8H2,1-3H3,(H,21,22)(H3,18,19,20);1H. The number of aliphatic imine (C=N–C) groups is 1. The fourth-order valence-corrected chi connectivity index (χ4v) is 1.58. The zero-order valence-corrected chi connectivity index (χ0v) is 15.7. The molecule has 0 radical (unpaired) electrons. The second-order valence-electron chi connectivity index (χ2n) is 5.67. The second kappa shape index (κ2) is 8.94. The van der Waals surface area contributed by atoms with Crippen molar-refractivity contribution in [1.29, 1.82) is 0 Å². The number of para-hydroxylation sites is 2. The number of nitrogens with one attached hydrogen (secondary N) is 2. The Kier molecular flexibility index (Phi) is 8.30. The molecule has 0 saturated carbocycles. The molecule has 0 aliphatic carbocycles. The molecule has 1 aromatic rings. The Morgan fingerprint density at radius 2 is 1.83 bits per heavy atom. The third-order valence-corrected chi connectivity index (χ3v) is 2.28. The summed E-state index contributed by atoms with van der Waals surface area (Å²) < 4.78 is 40.8. The first-order valence-corrected chi connectivity index (χ1v) is 6.69. The minimum Gasteiger partial charge on any atom is -0.404 e. The van der Waals surface area contributed by atoms with Gasteiger partial charge < -0.3 is 21.1 Å². The zero-order valence-electron chi connectivity index (χ0n) is 13.4. The Hall–Kier alpha value is -1.72. The molecule has 10 heteroatoms. The summed E-state index contributed by atoms with van der Waals surface area (Å²) in [7, 11) is 0. The van der Waals surface area contributed by atoms with E-state index in [0.29, 0.717) is 0 Å². The number of rotatable bonds is 4. The summed E-state index contributed by atoms with van der Waals surface area (Å²) in [6, 6.07) is 5.37. The summed E-state index contributed by atoms with van der Waals surface area (Å²) in [5.41, 5.74) is 5.15. The maximum Gasteiger partial charge on any atom is 0.573 e. The summed E-state index contributed by atoms with van der Waals surface area (Å²) in [5, 5.41) is 5.15. The molecule has 1 amide bonds. The number of hydrogen-bond donors (Lipinski definition) is 3. The molecule has 0 bridgehead atoms. The van der Waals surface area contributed by atoms with Crippen molar-refractivity contribution in [2.24, 2.45) is 10.7 Å². The predicted molar refractivity (Wildman–Crippen MR) is 96.5 cm³/mol. The van der Waals surface area contributed by atoms with Crippen LogP contribution >= 0.6 is 24.0 Å². The Labute approximate surface area is 155 Å². The number of carbonyl (C=O) groups excluding carboxylic acids is 1. The van der Waals surface area contributed by atoms with Crippen LogP contribution in [-0.4, -0.2) is 30.3 Å². The molecule has 0 aromatic heterocycles. The lowest BCUT2D eigenvalue weighted by atomic mass is 10.1. The fourth-order valence-electron chi connectivity index (χ4n) is 1.58. The van der Waals surface area contributed by atoms with Gasteiger partial charge in [0.05, 0.1) is 5.69 Å². The van der Waals surface area contributed by atoms with Crippen molar-refractivity contribution in [3.8, 4) is 5.75 Å². The van der Waals surface area contributed by atoms with Crippen LogP contribution in [0.2, 0.25) is 0 Å². The number of guanidine groups is 1. The van der Waals surface area contributed by atoms with Crippen LogP contribution < -0.4 is 21.1 Å². The van der Waals surface area contributed by atoms with Crippen LogP contribution in [0, 0.1) is 0 Å². The van der Waals surface area contributed by atoms with E-state index < -0.39 is 17.7 Å². The number of anilines is 1. The van der Waals surface area contributed by atoms with Gasteiger partial charge >= 0.3 is 6.36 Å². The van der Waals surface area contributed by atoms with Crippen LogP contribution in [0.25, 0.3) is 0 Å². The van der Waals surface area contributed by atoms with Crippen LogP contribution in [0.3, 0.4) is 0 Å². The molecule has 1 aromatic carbocycles. The highest BCUT2D eigenvalue weighted by molar-refractivity contribution is 14.0. The number of benzene rings is 1. The van der Waals surface area contributed by atoms with Crippen molar-refractivity contribution in [3.63, 3.8) is 0 Å². The van der Waals surface area contributed by atoms with Gasteiger partial charge in [-0.15, -0.1) is 37.1 Å². The molecule has 0 spiro atoms. The largest absolute Gasteiger partial charge is 0.573 e. The van der Waals surface area contributed by atoms with Crippen molar-refractivity contribution >= 4 is 41.5 Å². The number of alkyl halides is 3. The third-order valence-electron chi connectivity index (χ3n) is 2.28. The van der Waals surface area contributed by atoms with Gasteiger partial charge in [0.25, 0.3) is 0 Å². The van der Waals surface area contributed by atoms with Crippen molar-refractivity contribution in [2.45, 2.75) is 32.7 Å². The van der Waals surface area contributed by atoms with Gasteiger partial charge in [0, 0.05) is 5.54 Å². The van der Waals surface area contributed by atoms with Crippen LogP contribution in [0.4, 0.5) is 18.9 Å². The van der Waals surface area contributed by atoms with E-state index in [-0.39, 0.29) is 48.1 Å². The number of carbonyl (C=O) groups is 1. The molecule has 0 unspecified atom stereocenters. The molecule has 0 aliphatic rings. The van der Waals surface area contributed by atoms with Crippen molar-refractivity contribution in [3.05, 3.63) is 24.3 Å². The van der Waals surface area contributed by atoms with E-state index in [4.69, 9.17) is 5.73 Å². The first-order valence-electron chi connectivity index (χ1n) is 6.69. The van der Waals surface area contributed by atoms with Gasteiger partial charge in [-0.3, -0.25) is 4.79 Å². The minimum absolute atomic E-state index is 0. The molecule has 0 fully saturated rings. The highest BCUT2D eigenvalue weighted by Gasteiger charge is 2.32. The first kappa shape index (κ1) is 22.3. The summed E-state index contributed by atoms with van der Waals surface area (Å²) in [6.07, 6.45) is -4.82. The highest BCUT2D eigenvalue weighted by Crippen LogP contribution is 2.29. The van der Waals surface area contributed by atoms with E-state index in [9.17, 15) is 18.0 Å². The number of nitrogens with two attached hydrogens (primary N) is 1. The maximum absolute atomic E-state index is 12.3. The lowest BCUT2D eigenvalue weighted by molar-refractivity contribution is -0.274. The fraction of sp³-hybridized carbons (Fsp3) is 0.429. The summed E-state index contributed by atoms with van der Waals surface area (Å²) >= 11 is 0. The predicted octanol–water partition coefficient (Wildman–Crippen LogP) is 2.84. The Balaban J connectivity index is 0.00000529. The zero-order chi connectivity index (χ0) is 17.7. The summed E-state index contributed by atoms with van der Waals surface area (Å²) in [6.45, 7) is 5.17. The number of halogens is 4. The van der Waals surface area contributed by atoms with Gasteiger partial charge in [-0.25, -0.2) is 4.99 Å². The molecule has 0 atom stereocenters. The van der Waals surface area contributed by atoms with Crippen LogP contribution in [0.5, 0.6) is 5.75 Å². The average Bonchev–Trinajstić information content (AvgIpc) is 2.35. The van der Waals surface area contributed by atoms with Crippen molar-refractivity contribution in [1.82, 2.24) is 5.32 Å². The van der Waals surface area contributed by atoms with E-state index in [1.54, 1.807) is 20.8 Å². The van der Waals surface area contributed by atoms with Crippen LogP contribution in [0.15, 0.2) is 29.3 Å². The van der Waals surface area contributed by atoms with Crippen LogP contribution in [0.1, 0.15) is 20.8 Å². The SMILES string of the molecule is CC(C)(C)NC(=O)CN=C(N)Nc1ccccc1OC(F)(F)F.I. The Morgan fingerprint density at radius 1 is 1.25 bits per heavy atom. The molecule has 24 heavy (non-hydrogen) atoms. The van der Waals surface area contributed by atoms with E-state index in [1.165, 1.54) is 18.2 Å². The minimum atomic E-state index is -4.82. The van der Waals surface area contributed by atoms with E-state index in [1.807, 2.05) is 0 Å². The Bertz CT molecular complexity index is 586. The third kappa shape index (κ3) is 9.43. The number of nitrogens with zero attached hydrogens (tertiary/aromatic N) is 1. The molecule has 6 nitrogen and oxygen atoms in total. The van der Waals surface area contributed by atoms with Gasteiger partial charge in [0.1, 0.15) is 6.54 Å². The smallest absolute Gasteiger partial charge is 0.404 e. The summed E-state index contributed by atoms with van der Waals surface area (Å²) in [5.74, 6) is -1.01. The number of amides is 1. The molecule has 136 valence electrons. The van der Waals surface area contributed by atoms with Gasteiger partial charge in [0.2, 0.25) is 5.91 Å². The van der Waals surface area contributed by atoms with Gasteiger partial charge in [-0.1, -0.05) is 12.1 Å². The molecule has 0 saturated heterocycles. The average molecular weight is 460 g/mol.